The maximum Gasteiger partial charge on any atom is 0.330 e. The average molecular weight is 664 g/mol. The lowest BCUT2D eigenvalue weighted by atomic mass is 9.81. The van der Waals surface area contributed by atoms with E-state index in [1.54, 1.807) is 13.1 Å². The van der Waals surface area contributed by atoms with Gasteiger partial charge >= 0.3 is 5.97 Å². The van der Waals surface area contributed by atoms with Crippen LogP contribution >= 0.6 is 0 Å². The number of aliphatic hydroxyl groups is 1. The minimum Gasteiger partial charge on any atom is -0.463 e. The van der Waals surface area contributed by atoms with Crippen molar-refractivity contribution < 1.29 is 29.0 Å². The van der Waals surface area contributed by atoms with Crippen molar-refractivity contribution in [2.75, 3.05) is 6.61 Å². The number of allylic oxidation sites excluding steroid dienone is 1. The van der Waals surface area contributed by atoms with E-state index in [1.807, 2.05) is 36.4 Å². The summed E-state index contributed by atoms with van der Waals surface area (Å²) in [5.41, 5.74) is 1.42. The number of carbonyl (C=O) groups excluding carboxylic acids is 4. The molecular weight excluding hydrogens is 610 g/mol. The molecule has 1 fully saturated rings. The molecule has 3 rings (SSSR count). The zero-order valence-corrected chi connectivity index (χ0v) is 28.5. The topological polar surface area (TPSA) is 163 Å². The van der Waals surface area contributed by atoms with Gasteiger partial charge in [0.15, 0.2) is 0 Å². The van der Waals surface area contributed by atoms with E-state index in [-0.39, 0.29) is 31.3 Å². The number of hydrogen-bond acceptors (Lipinski definition) is 7. The van der Waals surface area contributed by atoms with Crippen LogP contribution in [0.1, 0.15) is 77.0 Å². The van der Waals surface area contributed by atoms with Gasteiger partial charge in [-0.1, -0.05) is 82.4 Å². The lowest BCUT2D eigenvalue weighted by Crippen LogP contribution is -2.57. The Kier molecular flexibility index (Phi) is 16.1. The van der Waals surface area contributed by atoms with Crippen molar-refractivity contribution in [3.8, 4) is 0 Å². The summed E-state index contributed by atoms with van der Waals surface area (Å²) < 4.78 is 4.84. The Morgan fingerprint density at radius 3 is 2.31 bits per heavy atom. The second-order valence-corrected chi connectivity index (χ2v) is 13.0. The molecular formula is C37H53N5O6. The van der Waals surface area contributed by atoms with E-state index in [0.29, 0.717) is 24.5 Å². The first kappa shape index (κ1) is 38.2. The number of amides is 3. The number of aromatic nitrogens is 2. The zero-order chi connectivity index (χ0) is 34.9. The summed E-state index contributed by atoms with van der Waals surface area (Å²) in [6.07, 6.45) is 13.1. The molecule has 11 heteroatoms. The third kappa shape index (κ3) is 13.1. The molecule has 1 aliphatic carbocycles. The number of aromatic amines is 1. The summed E-state index contributed by atoms with van der Waals surface area (Å²) >= 11 is 0. The van der Waals surface area contributed by atoms with Gasteiger partial charge in [-0.15, -0.1) is 6.58 Å². The first-order valence-electron chi connectivity index (χ1n) is 17.2. The third-order valence-corrected chi connectivity index (χ3v) is 8.96. The molecule has 0 aliphatic heterocycles. The minimum atomic E-state index is -1.06. The molecule has 0 unspecified atom stereocenters. The second kappa shape index (κ2) is 20.2. The fraction of sp³-hybridized carbons (Fsp3) is 0.541. The highest BCUT2D eigenvalue weighted by Gasteiger charge is 2.32. The van der Waals surface area contributed by atoms with Crippen LogP contribution in [-0.4, -0.2) is 69.6 Å². The van der Waals surface area contributed by atoms with Crippen molar-refractivity contribution in [1.29, 1.82) is 0 Å². The summed E-state index contributed by atoms with van der Waals surface area (Å²) in [5.74, 6) is -1.62. The Bertz CT molecular complexity index is 1320. The molecule has 11 nitrogen and oxygen atoms in total. The van der Waals surface area contributed by atoms with Crippen LogP contribution in [0.3, 0.4) is 0 Å². The zero-order valence-electron chi connectivity index (χ0n) is 28.5. The number of hydrogen-bond donors (Lipinski definition) is 5. The van der Waals surface area contributed by atoms with Crippen molar-refractivity contribution in [3.63, 3.8) is 0 Å². The van der Waals surface area contributed by atoms with Crippen LogP contribution in [0.25, 0.3) is 0 Å². The van der Waals surface area contributed by atoms with Gasteiger partial charge in [0.2, 0.25) is 17.7 Å². The van der Waals surface area contributed by atoms with Crippen molar-refractivity contribution in [1.82, 2.24) is 25.9 Å². The van der Waals surface area contributed by atoms with Crippen LogP contribution in [-0.2, 0) is 36.8 Å². The van der Waals surface area contributed by atoms with Crippen LogP contribution < -0.4 is 16.0 Å². The monoisotopic (exact) mass is 663 g/mol. The highest BCUT2D eigenvalue weighted by atomic mass is 16.5. The maximum absolute atomic E-state index is 14.1. The van der Waals surface area contributed by atoms with E-state index in [4.69, 9.17) is 4.74 Å². The van der Waals surface area contributed by atoms with Crippen LogP contribution in [0, 0.1) is 17.8 Å². The number of rotatable bonds is 19. The smallest absolute Gasteiger partial charge is 0.330 e. The van der Waals surface area contributed by atoms with Crippen molar-refractivity contribution in [2.45, 2.75) is 103 Å². The molecule has 3 amide bonds. The predicted molar refractivity (Wildman–Crippen MR) is 184 cm³/mol. The van der Waals surface area contributed by atoms with Gasteiger partial charge in [0.05, 0.1) is 25.1 Å². The molecule has 1 saturated carbocycles. The molecule has 1 aliphatic rings. The van der Waals surface area contributed by atoms with Gasteiger partial charge in [-0.25, -0.2) is 9.78 Å². The highest BCUT2D eigenvalue weighted by Crippen LogP contribution is 2.30. The summed E-state index contributed by atoms with van der Waals surface area (Å²) in [5, 5.41) is 20.1. The Balaban J connectivity index is 1.84. The molecule has 262 valence electrons. The summed E-state index contributed by atoms with van der Waals surface area (Å²) in [7, 11) is 0. The summed E-state index contributed by atoms with van der Waals surface area (Å²) in [6, 6.07) is 6.55. The number of nitrogens with one attached hydrogen (secondary N) is 4. The number of carbonyl (C=O) groups is 4. The maximum atomic E-state index is 14.1. The number of ether oxygens (including phenoxy) is 1. The van der Waals surface area contributed by atoms with Gasteiger partial charge in [-0.3, -0.25) is 14.4 Å². The number of nitrogens with zero attached hydrogens (tertiary/aromatic N) is 1. The molecule has 0 radical (unpaired) electrons. The van der Waals surface area contributed by atoms with Gasteiger partial charge < -0.3 is 30.8 Å². The normalized spacial score (nSPS) is 16.8. The Morgan fingerprint density at radius 2 is 1.69 bits per heavy atom. The second-order valence-electron chi connectivity index (χ2n) is 13.0. The van der Waals surface area contributed by atoms with Crippen LogP contribution in [0.5, 0.6) is 0 Å². The molecule has 5 N–H and O–H groups in total. The van der Waals surface area contributed by atoms with Gasteiger partial charge in [-0.2, -0.15) is 0 Å². The molecule has 0 spiro atoms. The SMILES string of the molecule is C=C[C@@H](C[C@H](O)[C@H](CC1CCCCC1)NC(=O)[C@H](Cc1cnc[nH]1)NC(=O)[C@H](Cc1ccccc1)NC(=O)C=CC(=O)OCC)C(C)C. The van der Waals surface area contributed by atoms with E-state index >= 15 is 0 Å². The van der Waals surface area contributed by atoms with Crippen LogP contribution in [0.4, 0.5) is 0 Å². The van der Waals surface area contributed by atoms with E-state index in [1.165, 1.54) is 12.7 Å². The summed E-state index contributed by atoms with van der Waals surface area (Å²) in [4.78, 5) is 59.5. The fourth-order valence-electron chi connectivity index (χ4n) is 6.17. The molecule has 2 aromatic rings. The Labute approximate surface area is 284 Å². The van der Waals surface area contributed by atoms with Gasteiger partial charge in [-0.05, 0) is 43.1 Å². The standard InChI is InChI=1S/C37H53N5O6/c1-5-28(25(3)4)21-33(43)30(19-26-13-9-7-10-14-26)41-37(47)32(22-29-23-38-24-39-29)42-36(46)31(20-27-15-11-8-12-16-27)40-34(44)17-18-35(45)48-6-2/h5,8,11-12,15-18,23-26,28,30-33,43H,1,6-7,9-10,13-14,19-22H2,2-4H3,(H,38,39)(H,40,44)(H,41,47)(H,42,46)/t28-,30-,31-,32-,33-/m0/s1. The summed E-state index contributed by atoms with van der Waals surface area (Å²) in [6.45, 7) is 9.94. The van der Waals surface area contributed by atoms with E-state index < -0.39 is 47.9 Å². The molecule has 5 atom stereocenters. The van der Waals surface area contributed by atoms with Crippen molar-refractivity contribution in [3.05, 3.63) is 78.9 Å². The molecule has 0 bridgehead atoms. The number of esters is 1. The fourth-order valence-corrected chi connectivity index (χ4v) is 6.17. The van der Waals surface area contributed by atoms with E-state index in [9.17, 15) is 24.3 Å². The largest absolute Gasteiger partial charge is 0.463 e. The molecule has 1 heterocycles. The van der Waals surface area contributed by atoms with Gasteiger partial charge in [0.1, 0.15) is 12.1 Å². The third-order valence-electron chi connectivity index (χ3n) is 8.96. The van der Waals surface area contributed by atoms with Crippen molar-refractivity contribution in [2.24, 2.45) is 17.8 Å². The highest BCUT2D eigenvalue weighted by molar-refractivity contribution is 5.98. The van der Waals surface area contributed by atoms with Crippen molar-refractivity contribution >= 4 is 23.7 Å². The average Bonchev–Trinajstić information content (AvgIpc) is 3.59. The number of aliphatic hydroxyl groups excluding tert-OH is 1. The van der Waals surface area contributed by atoms with Crippen LogP contribution in [0.2, 0.25) is 0 Å². The first-order valence-corrected chi connectivity index (χ1v) is 17.2. The Hall–Kier alpha value is -4.25. The lowest BCUT2D eigenvalue weighted by molar-refractivity contribution is -0.137. The Morgan fingerprint density at radius 1 is 1.00 bits per heavy atom. The van der Waals surface area contributed by atoms with Gasteiger partial charge in [0, 0.05) is 36.9 Å². The number of benzene rings is 1. The predicted octanol–water partition coefficient (Wildman–Crippen LogP) is 3.95. The molecule has 1 aromatic carbocycles. The number of H-pyrrole nitrogens is 1. The van der Waals surface area contributed by atoms with E-state index in [0.717, 1.165) is 43.4 Å². The lowest BCUT2D eigenvalue weighted by Gasteiger charge is -2.33. The number of imidazole rings is 1. The molecule has 0 saturated heterocycles. The quantitative estimate of drug-likeness (QED) is 0.0864. The molecule has 1 aromatic heterocycles. The minimum absolute atomic E-state index is 0.0754. The van der Waals surface area contributed by atoms with Crippen LogP contribution in [0.15, 0.2) is 67.7 Å². The molecule has 48 heavy (non-hydrogen) atoms. The van der Waals surface area contributed by atoms with Gasteiger partial charge in [0.25, 0.3) is 0 Å². The van der Waals surface area contributed by atoms with E-state index in [2.05, 4.69) is 46.3 Å². The first-order chi connectivity index (χ1) is 23.1.